The Hall–Kier alpha value is -1.79. The molecule has 0 N–H and O–H groups in total. The smallest absolute Gasteiger partial charge is 0.311 e. The van der Waals surface area contributed by atoms with Crippen molar-refractivity contribution in [2.45, 2.75) is 6.42 Å². The standard InChI is InChI=1S/C19H13Cl4NO4/c20-11-4-5-12(14(22)7-11)16(25)9-28-19(27)10-6-17(26)24(8-10)15-3-1-2-13(21)18(15)23/h1-5,7,10H,6,8-9H2/t10-/m0/s1. The summed E-state index contributed by atoms with van der Waals surface area (Å²) in [5.41, 5.74) is 0.632. The molecule has 0 unspecified atom stereocenters. The molecule has 3 rings (SSSR count). The number of carbonyl (C=O) groups excluding carboxylic acids is 3. The summed E-state index contributed by atoms with van der Waals surface area (Å²) in [6, 6.07) is 9.32. The second kappa shape index (κ2) is 8.70. The third-order valence-electron chi connectivity index (χ3n) is 4.26. The lowest BCUT2D eigenvalue weighted by atomic mass is 10.1. The molecule has 1 fully saturated rings. The molecule has 0 spiro atoms. The molecule has 146 valence electrons. The Balaban J connectivity index is 1.63. The van der Waals surface area contributed by atoms with E-state index < -0.39 is 24.3 Å². The molecular formula is C19H13Cl4NO4. The van der Waals surface area contributed by atoms with Gasteiger partial charge >= 0.3 is 5.97 Å². The number of amides is 1. The van der Waals surface area contributed by atoms with Gasteiger partial charge in [-0.1, -0.05) is 52.5 Å². The predicted octanol–water partition coefficient (Wildman–Crippen LogP) is 5.08. The minimum absolute atomic E-state index is 0.0441. The number of hydrogen-bond acceptors (Lipinski definition) is 4. The zero-order valence-electron chi connectivity index (χ0n) is 14.3. The van der Waals surface area contributed by atoms with Crippen LogP contribution in [0.4, 0.5) is 5.69 Å². The number of anilines is 1. The highest BCUT2D eigenvalue weighted by Gasteiger charge is 2.37. The maximum Gasteiger partial charge on any atom is 0.311 e. The third kappa shape index (κ3) is 4.44. The summed E-state index contributed by atoms with van der Waals surface area (Å²) in [4.78, 5) is 38.2. The highest BCUT2D eigenvalue weighted by atomic mass is 35.5. The van der Waals surface area contributed by atoms with Crippen molar-refractivity contribution in [1.29, 1.82) is 0 Å². The van der Waals surface area contributed by atoms with Crippen molar-refractivity contribution in [3.63, 3.8) is 0 Å². The first-order valence-electron chi connectivity index (χ1n) is 8.17. The van der Waals surface area contributed by atoms with Crippen molar-refractivity contribution < 1.29 is 19.1 Å². The summed E-state index contributed by atoms with van der Waals surface area (Å²) in [7, 11) is 0. The lowest BCUT2D eigenvalue weighted by Gasteiger charge is -2.18. The normalized spacial score (nSPS) is 16.4. The largest absolute Gasteiger partial charge is 0.457 e. The Morgan fingerprint density at radius 1 is 1.07 bits per heavy atom. The van der Waals surface area contributed by atoms with Crippen molar-refractivity contribution >= 4 is 69.8 Å². The van der Waals surface area contributed by atoms with E-state index in [-0.39, 0.29) is 34.5 Å². The predicted molar refractivity (Wildman–Crippen MR) is 109 cm³/mol. The van der Waals surface area contributed by atoms with Crippen LogP contribution in [0.25, 0.3) is 0 Å². The first-order chi connectivity index (χ1) is 13.3. The summed E-state index contributed by atoms with van der Waals surface area (Å²) >= 11 is 23.9. The number of ketones is 1. The van der Waals surface area contributed by atoms with E-state index >= 15 is 0 Å². The molecule has 2 aromatic rings. The summed E-state index contributed by atoms with van der Waals surface area (Å²) in [6.45, 7) is -0.392. The molecule has 5 nitrogen and oxygen atoms in total. The molecular weight excluding hydrogens is 448 g/mol. The quantitative estimate of drug-likeness (QED) is 0.461. The van der Waals surface area contributed by atoms with Crippen LogP contribution >= 0.6 is 46.4 Å². The molecule has 1 amide bonds. The Morgan fingerprint density at radius 3 is 2.54 bits per heavy atom. The van der Waals surface area contributed by atoms with Crippen LogP contribution < -0.4 is 4.90 Å². The van der Waals surface area contributed by atoms with Gasteiger partial charge in [-0.2, -0.15) is 0 Å². The van der Waals surface area contributed by atoms with E-state index in [1.165, 1.54) is 23.1 Å². The highest BCUT2D eigenvalue weighted by Crippen LogP contribution is 2.36. The maximum absolute atomic E-state index is 12.3. The molecule has 0 aliphatic carbocycles. The molecule has 1 saturated heterocycles. The van der Waals surface area contributed by atoms with E-state index in [1.54, 1.807) is 18.2 Å². The maximum atomic E-state index is 12.3. The summed E-state index contributed by atoms with van der Waals surface area (Å²) in [5.74, 6) is -2.10. The summed E-state index contributed by atoms with van der Waals surface area (Å²) < 4.78 is 5.10. The fourth-order valence-electron chi connectivity index (χ4n) is 2.85. The van der Waals surface area contributed by atoms with Crippen LogP contribution in [0, 0.1) is 5.92 Å². The molecule has 28 heavy (non-hydrogen) atoms. The number of carbonyl (C=O) groups is 3. The summed E-state index contributed by atoms with van der Waals surface area (Å²) in [6.07, 6.45) is -0.0441. The van der Waals surface area contributed by atoms with Gasteiger partial charge in [0.25, 0.3) is 0 Å². The fourth-order valence-corrected chi connectivity index (χ4v) is 3.76. The average Bonchev–Trinajstić information content (AvgIpc) is 3.03. The molecule has 1 aliphatic rings. The van der Waals surface area contributed by atoms with Gasteiger partial charge in [0.2, 0.25) is 11.7 Å². The SMILES string of the molecule is O=C(COC(=O)[C@H]1CC(=O)N(c2cccc(Cl)c2Cl)C1)c1ccc(Cl)cc1Cl. The van der Waals surface area contributed by atoms with Gasteiger partial charge < -0.3 is 9.64 Å². The van der Waals surface area contributed by atoms with Gasteiger partial charge in [-0.05, 0) is 30.3 Å². The first kappa shape index (κ1) is 20.9. The van der Waals surface area contributed by atoms with Crippen molar-refractivity contribution in [3.05, 3.63) is 62.1 Å². The van der Waals surface area contributed by atoms with Crippen LogP contribution in [0.5, 0.6) is 0 Å². The van der Waals surface area contributed by atoms with Gasteiger partial charge in [-0.3, -0.25) is 14.4 Å². The topological polar surface area (TPSA) is 63.7 Å². The van der Waals surface area contributed by atoms with Gasteiger partial charge in [0.1, 0.15) is 0 Å². The monoisotopic (exact) mass is 459 g/mol. The Bertz CT molecular complexity index is 963. The molecule has 1 atom stereocenters. The molecule has 0 radical (unpaired) electrons. The van der Waals surface area contributed by atoms with Gasteiger partial charge in [0.15, 0.2) is 6.61 Å². The van der Waals surface area contributed by atoms with Gasteiger partial charge in [-0.25, -0.2) is 0 Å². The van der Waals surface area contributed by atoms with Crippen LogP contribution in [0.3, 0.4) is 0 Å². The van der Waals surface area contributed by atoms with Crippen molar-refractivity contribution in [2.24, 2.45) is 5.92 Å². The van der Waals surface area contributed by atoms with E-state index in [9.17, 15) is 14.4 Å². The van der Waals surface area contributed by atoms with Crippen molar-refractivity contribution in [2.75, 3.05) is 18.1 Å². The second-order valence-corrected chi connectivity index (χ2v) is 7.76. The number of ether oxygens (including phenoxy) is 1. The third-order valence-corrected chi connectivity index (χ3v) is 5.61. The van der Waals surface area contributed by atoms with Crippen LogP contribution in [-0.4, -0.2) is 30.8 Å². The molecule has 0 aromatic heterocycles. The van der Waals surface area contributed by atoms with Crippen LogP contribution in [0.2, 0.25) is 20.1 Å². The number of Topliss-reactive ketones (excluding diaryl/α,β-unsaturated/α-hetero) is 1. The Labute approximate surface area is 181 Å². The van der Waals surface area contributed by atoms with E-state index in [2.05, 4.69) is 0 Å². The van der Waals surface area contributed by atoms with Crippen molar-refractivity contribution in [3.8, 4) is 0 Å². The minimum atomic E-state index is -0.712. The zero-order valence-corrected chi connectivity index (χ0v) is 17.3. The van der Waals surface area contributed by atoms with E-state index in [4.69, 9.17) is 51.1 Å². The fraction of sp³-hybridized carbons (Fsp3) is 0.211. The number of benzene rings is 2. The van der Waals surface area contributed by atoms with Gasteiger partial charge in [-0.15, -0.1) is 0 Å². The van der Waals surface area contributed by atoms with Crippen molar-refractivity contribution in [1.82, 2.24) is 0 Å². The Kier molecular flexibility index (Phi) is 6.50. The molecule has 0 bridgehead atoms. The summed E-state index contributed by atoms with van der Waals surface area (Å²) in [5, 5.41) is 1.11. The number of esters is 1. The van der Waals surface area contributed by atoms with Gasteiger partial charge in [0.05, 0.1) is 26.7 Å². The lowest BCUT2D eigenvalue weighted by Crippen LogP contribution is -2.27. The Morgan fingerprint density at radius 2 is 1.82 bits per heavy atom. The molecule has 1 aliphatic heterocycles. The average molecular weight is 461 g/mol. The first-order valence-corrected chi connectivity index (χ1v) is 9.68. The number of nitrogens with zero attached hydrogens (tertiary/aromatic N) is 1. The highest BCUT2D eigenvalue weighted by molar-refractivity contribution is 6.44. The number of hydrogen-bond donors (Lipinski definition) is 0. The van der Waals surface area contributed by atoms with E-state index in [1.807, 2.05) is 0 Å². The molecule has 2 aromatic carbocycles. The van der Waals surface area contributed by atoms with Crippen LogP contribution in [0.1, 0.15) is 16.8 Å². The van der Waals surface area contributed by atoms with Crippen LogP contribution in [-0.2, 0) is 14.3 Å². The van der Waals surface area contributed by atoms with Crippen LogP contribution in [0.15, 0.2) is 36.4 Å². The molecule has 0 saturated carbocycles. The molecule has 1 heterocycles. The van der Waals surface area contributed by atoms with E-state index in [0.29, 0.717) is 15.7 Å². The van der Waals surface area contributed by atoms with Gasteiger partial charge in [0, 0.05) is 23.6 Å². The lowest BCUT2D eigenvalue weighted by molar-refractivity contribution is -0.147. The number of rotatable bonds is 5. The van der Waals surface area contributed by atoms with E-state index in [0.717, 1.165) is 0 Å². The molecule has 9 heteroatoms. The second-order valence-electron chi connectivity index (χ2n) is 6.13. The number of halogens is 4. The zero-order chi connectivity index (χ0) is 20.4. The minimum Gasteiger partial charge on any atom is -0.457 e.